The normalized spacial score (nSPS) is 11.3. The van der Waals surface area contributed by atoms with Gasteiger partial charge in [0.1, 0.15) is 5.75 Å². The van der Waals surface area contributed by atoms with Crippen LogP contribution in [0.4, 0.5) is 0 Å². The number of halogens is 2. The molecule has 0 aliphatic heterocycles. The number of carbonyl (C=O) groups is 1. The molecule has 0 radical (unpaired) electrons. The van der Waals surface area contributed by atoms with Gasteiger partial charge >= 0.3 is 0 Å². The van der Waals surface area contributed by atoms with Gasteiger partial charge in [-0.2, -0.15) is 0 Å². The number of aldehydes is 1. The van der Waals surface area contributed by atoms with Crippen LogP contribution >= 0.6 is 23.2 Å². The molecule has 0 aliphatic rings. The Bertz CT molecular complexity index is 386. The van der Waals surface area contributed by atoms with E-state index in [9.17, 15) is 4.79 Å². The fourth-order valence-corrected chi connectivity index (χ4v) is 2.53. The van der Waals surface area contributed by atoms with E-state index in [1.54, 1.807) is 12.1 Å². The van der Waals surface area contributed by atoms with Crippen LogP contribution in [0.3, 0.4) is 0 Å². The van der Waals surface area contributed by atoms with Gasteiger partial charge in [-0.15, -0.1) is 0 Å². The van der Waals surface area contributed by atoms with E-state index in [4.69, 9.17) is 27.6 Å². The molecule has 5 heteroatoms. The fraction of sp³-hybridized carbons (Fsp3) is 0.300. The maximum Gasteiger partial charge on any atom is 0.242 e. The second-order valence-corrected chi connectivity index (χ2v) is 9.41. The first kappa shape index (κ1) is 12.6. The van der Waals surface area contributed by atoms with Gasteiger partial charge in [-0.25, -0.2) is 0 Å². The number of rotatable bonds is 3. The Hall–Kier alpha value is -0.513. The lowest BCUT2D eigenvalue weighted by molar-refractivity contribution is 0.112. The third kappa shape index (κ3) is 3.52. The number of hydrogen-bond acceptors (Lipinski definition) is 2. The van der Waals surface area contributed by atoms with Crippen LogP contribution in [0.15, 0.2) is 12.1 Å². The van der Waals surface area contributed by atoms with Gasteiger partial charge in [0, 0.05) is 5.02 Å². The van der Waals surface area contributed by atoms with Gasteiger partial charge in [0.25, 0.3) is 0 Å². The molecule has 0 fully saturated rings. The lowest BCUT2D eigenvalue weighted by atomic mass is 10.2. The van der Waals surface area contributed by atoms with Crippen molar-refractivity contribution >= 4 is 37.8 Å². The van der Waals surface area contributed by atoms with E-state index in [1.165, 1.54) is 0 Å². The number of carbonyl (C=O) groups excluding carboxylic acids is 1. The molecule has 0 saturated heterocycles. The van der Waals surface area contributed by atoms with E-state index < -0.39 is 8.32 Å². The monoisotopic (exact) mass is 262 g/mol. The number of hydrogen-bond donors (Lipinski definition) is 0. The third-order valence-electron chi connectivity index (χ3n) is 1.57. The molecule has 2 nitrogen and oxygen atoms in total. The van der Waals surface area contributed by atoms with E-state index >= 15 is 0 Å². The highest BCUT2D eigenvalue weighted by molar-refractivity contribution is 6.70. The lowest BCUT2D eigenvalue weighted by Crippen LogP contribution is -2.30. The molecule has 0 atom stereocenters. The van der Waals surface area contributed by atoms with Crippen LogP contribution in [0, 0.1) is 0 Å². The minimum atomic E-state index is -1.78. The molecule has 0 spiro atoms. The van der Waals surface area contributed by atoms with Crippen LogP contribution in [0.2, 0.25) is 29.7 Å². The molecule has 0 heterocycles. The van der Waals surface area contributed by atoms with Crippen molar-refractivity contribution in [3.63, 3.8) is 0 Å². The first-order valence-corrected chi connectivity index (χ1v) is 8.63. The highest BCUT2D eigenvalue weighted by Crippen LogP contribution is 2.33. The molecule has 15 heavy (non-hydrogen) atoms. The Kier molecular flexibility index (Phi) is 3.81. The molecule has 0 amide bonds. The van der Waals surface area contributed by atoms with E-state index in [0.717, 1.165) is 0 Å². The van der Waals surface area contributed by atoms with Gasteiger partial charge in [-0.3, -0.25) is 4.79 Å². The van der Waals surface area contributed by atoms with Gasteiger partial charge in [0.15, 0.2) is 6.29 Å². The molecule has 0 aliphatic carbocycles. The summed E-state index contributed by atoms with van der Waals surface area (Å²) in [6, 6.07) is 3.13. The van der Waals surface area contributed by atoms with Crippen molar-refractivity contribution < 1.29 is 9.22 Å². The zero-order valence-corrected chi connectivity index (χ0v) is 11.3. The van der Waals surface area contributed by atoms with Gasteiger partial charge in [-0.05, 0) is 31.8 Å². The van der Waals surface area contributed by atoms with Crippen molar-refractivity contribution in [3.05, 3.63) is 27.7 Å². The Morgan fingerprint density at radius 3 is 2.33 bits per heavy atom. The molecule has 0 saturated carbocycles. The Morgan fingerprint density at radius 1 is 1.27 bits per heavy atom. The van der Waals surface area contributed by atoms with Crippen LogP contribution in [0.1, 0.15) is 10.4 Å². The Morgan fingerprint density at radius 2 is 1.87 bits per heavy atom. The molecular weight excluding hydrogens is 251 g/mol. The molecular formula is C10H12Cl2O2Si. The van der Waals surface area contributed by atoms with Crippen LogP contribution in [-0.4, -0.2) is 14.6 Å². The van der Waals surface area contributed by atoms with Crippen LogP contribution < -0.4 is 4.43 Å². The van der Waals surface area contributed by atoms with Gasteiger partial charge < -0.3 is 4.43 Å². The molecule has 0 unspecified atom stereocenters. The molecule has 1 aromatic carbocycles. The van der Waals surface area contributed by atoms with Crippen molar-refractivity contribution in [2.45, 2.75) is 19.6 Å². The molecule has 1 rings (SSSR count). The highest BCUT2D eigenvalue weighted by Gasteiger charge is 2.20. The molecule has 0 aromatic heterocycles. The average Bonchev–Trinajstić information content (AvgIpc) is 2.07. The summed E-state index contributed by atoms with van der Waals surface area (Å²) in [5, 5.41) is 0.817. The zero-order chi connectivity index (χ0) is 11.6. The highest BCUT2D eigenvalue weighted by atomic mass is 35.5. The summed E-state index contributed by atoms with van der Waals surface area (Å²) in [7, 11) is -1.78. The quantitative estimate of drug-likeness (QED) is 0.608. The molecule has 0 N–H and O–H groups in total. The summed E-state index contributed by atoms with van der Waals surface area (Å²) < 4.78 is 5.73. The van der Waals surface area contributed by atoms with Gasteiger partial charge in [0.05, 0.1) is 10.6 Å². The maximum absolute atomic E-state index is 10.8. The van der Waals surface area contributed by atoms with Crippen molar-refractivity contribution in [1.29, 1.82) is 0 Å². The molecule has 1 aromatic rings. The summed E-state index contributed by atoms with van der Waals surface area (Å²) in [6.07, 6.45) is 0.702. The topological polar surface area (TPSA) is 26.3 Å². The standard InChI is InChI=1S/C10H12Cl2O2Si/c1-15(2,3)14-10-7(6-13)4-8(11)5-9(10)12/h4-6H,1-3H3. The minimum Gasteiger partial charge on any atom is -0.543 e. The summed E-state index contributed by atoms with van der Waals surface area (Å²) >= 11 is 11.8. The third-order valence-corrected chi connectivity index (χ3v) is 2.89. The fourth-order valence-electron chi connectivity index (χ4n) is 1.08. The predicted molar refractivity (Wildman–Crippen MR) is 65.8 cm³/mol. The van der Waals surface area contributed by atoms with Crippen LogP contribution in [0.25, 0.3) is 0 Å². The van der Waals surface area contributed by atoms with Crippen molar-refractivity contribution in [3.8, 4) is 5.75 Å². The van der Waals surface area contributed by atoms with Crippen LogP contribution in [0.5, 0.6) is 5.75 Å². The average molecular weight is 263 g/mol. The van der Waals surface area contributed by atoms with E-state index in [-0.39, 0.29) is 0 Å². The SMILES string of the molecule is C[Si](C)(C)Oc1c(Cl)cc(Cl)cc1C=O. The van der Waals surface area contributed by atoms with Gasteiger partial charge in [-0.1, -0.05) is 23.2 Å². The first-order chi connectivity index (χ1) is 6.83. The molecule has 0 bridgehead atoms. The maximum atomic E-state index is 10.8. The summed E-state index contributed by atoms with van der Waals surface area (Å²) in [5.74, 6) is 0.440. The minimum absolute atomic E-state index is 0.382. The van der Waals surface area contributed by atoms with Crippen LogP contribution in [-0.2, 0) is 0 Å². The summed E-state index contributed by atoms with van der Waals surface area (Å²) in [6.45, 7) is 6.06. The van der Waals surface area contributed by atoms with Crippen molar-refractivity contribution in [1.82, 2.24) is 0 Å². The van der Waals surface area contributed by atoms with E-state index in [1.807, 2.05) is 19.6 Å². The Balaban J connectivity index is 3.21. The summed E-state index contributed by atoms with van der Waals surface area (Å²) in [5.41, 5.74) is 0.398. The van der Waals surface area contributed by atoms with Crippen molar-refractivity contribution in [2.24, 2.45) is 0 Å². The smallest absolute Gasteiger partial charge is 0.242 e. The van der Waals surface area contributed by atoms with Crippen molar-refractivity contribution in [2.75, 3.05) is 0 Å². The second kappa shape index (κ2) is 4.55. The number of benzene rings is 1. The lowest BCUT2D eigenvalue weighted by Gasteiger charge is -2.21. The Labute approximate surface area is 100 Å². The summed E-state index contributed by atoms with van der Waals surface area (Å²) in [4.78, 5) is 10.8. The first-order valence-electron chi connectivity index (χ1n) is 4.47. The largest absolute Gasteiger partial charge is 0.543 e. The molecule has 82 valence electrons. The van der Waals surface area contributed by atoms with Gasteiger partial charge in [0.2, 0.25) is 8.32 Å². The van der Waals surface area contributed by atoms with E-state index in [0.29, 0.717) is 27.6 Å². The predicted octanol–water partition coefficient (Wildman–Crippen LogP) is 4.02. The second-order valence-electron chi connectivity index (χ2n) is 4.14. The van der Waals surface area contributed by atoms with E-state index in [2.05, 4.69) is 0 Å². The zero-order valence-electron chi connectivity index (χ0n) is 8.80.